The first-order chi connectivity index (χ1) is 12.1. The smallest absolute Gasteiger partial charge is 0.160 e. The third-order valence-corrected chi connectivity index (χ3v) is 3.91. The second kappa shape index (κ2) is 9.27. The molecule has 0 unspecified atom stereocenters. The standard InChI is InChI=1S/C19H24O6/c1-24-17-11-14(6-9-16(17)22)19(23)18(12-21)25-15-7-4-13(5-8-15)3-2-10-20/h4-9,11,18-23H,2-3,10,12H2,1H3/t18-,19-/m0/s1. The number of aliphatic hydroxyl groups is 3. The van der Waals surface area contributed by atoms with Crippen molar-refractivity contribution in [3.8, 4) is 17.2 Å². The van der Waals surface area contributed by atoms with Crippen molar-refractivity contribution in [3.05, 3.63) is 53.6 Å². The van der Waals surface area contributed by atoms with Crippen molar-refractivity contribution in [1.82, 2.24) is 0 Å². The molecule has 0 saturated carbocycles. The molecule has 0 spiro atoms. The monoisotopic (exact) mass is 348 g/mol. The molecule has 4 N–H and O–H groups in total. The fourth-order valence-corrected chi connectivity index (χ4v) is 2.49. The summed E-state index contributed by atoms with van der Waals surface area (Å²) in [6, 6.07) is 11.8. The van der Waals surface area contributed by atoms with Gasteiger partial charge in [0.2, 0.25) is 0 Å². The first-order valence-corrected chi connectivity index (χ1v) is 8.11. The van der Waals surface area contributed by atoms with E-state index in [0.29, 0.717) is 17.7 Å². The molecule has 2 atom stereocenters. The molecular weight excluding hydrogens is 324 g/mol. The lowest BCUT2D eigenvalue weighted by Gasteiger charge is -2.23. The molecule has 0 heterocycles. The van der Waals surface area contributed by atoms with Crippen molar-refractivity contribution in [1.29, 1.82) is 0 Å². The normalized spacial score (nSPS) is 13.3. The Morgan fingerprint density at radius 3 is 2.36 bits per heavy atom. The summed E-state index contributed by atoms with van der Waals surface area (Å²) < 4.78 is 10.7. The number of aliphatic hydroxyl groups excluding tert-OH is 3. The van der Waals surface area contributed by atoms with Crippen LogP contribution < -0.4 is 9.47 Å². The molecule has 0 aliphatic heterocycles. The number of phenolic OH excluding ortho intramolecular Hbond substituents is 1. The number of aromatic hydroxyl groups is 1. The van der Waals surface area contributed by atoms with E-state index >= 15 is 0 Å². The molecule has 136 valence electrons. The van der Waals surface area contributed by atoms with E-state index in [2.05, 4.69) is 0 Å². The van der Waals surface area contributed by atoms with Crippen LogP contribution in [0.25, 0.3) is 0 Å². The van der Waals surface area contributed by atoms with Crippen LogP contribution in [0.1, 0.15) is 23.7 Å². The molecule has 0 aliphatic rings. The summed E-state index contributed by atoms with van der Waals surface area (Å²) >= 11 is 0. The molecule has 6 nitrogen and oxygen atoms in total. The SMILES string of the molecule is COc1cc([C@H](O)[C@H](CO)Oc2ccc(CCCO)cc2)ccc1O. The largest absolute Gasteiger partial charge is 0.504 e. The number of aryl methyl sites for hydroxylation is 1. The van der Waals surface area contributed by atoms with Crippen molar-refractivity contribution in [2.75, 3.05) is 20.3 Å². The van der Waals surface area contributed by atoms with Gasteiger partial charge in [-0.3, -0.25) is 0 Å². The van der Waals surface area contributed by atoms with Gasteiger partial charge >= 0.3 is 0 Å². The van der Waals surface area contributed by atoms with Gasteiger partial charge in [0.15, 0.2) is 17.6 Å². The summed E-state index contributed by atoms with van der Waals surface area (Å²) in [6.45, 7) is -0.232. The Hall–Kier alpha value is -2.28. The number of phenols is 1. The van der Waals surface area contributed by atoms with Gasteiger partial charge in [0.25, 0.3) is 0 Å². The topological polar surface area (TPSA) is 99.4 Å². The van der Waals surface area contributed by atoms with E-state index in [1.807, 2.05) is 12.1 Å². The lowest BCUT2D eigenvalue weighted by molar-refractivity contribution is 0.000658. The van der Waals surface area contributed by atoms with Gasteiger partial charge in [0.05, 0.1) is 13.7 Å². The summed E-state index contributed by atoms with van der Waals surface area (Å²) in [6.07, 6.45) is -0.483. The third-order valence-electron chi connectivity index (χ3n) is 3.91. The molecule has 2 aromatic carbocycles. The lowest BCUT2D eigenvalue weighted by atomic mass is 10.0. The molecule has 6 heteroatoms. The molecule has 0 bridgehead atoms. The Labute approximate surface area is 146 Å². The van der Waals surface area contributed by atoms with Crippen LogP contribution in [0.4, 0.5) is 0 Å². The highest BCUT2D eigenvalue weighted by Gasteiger charge is 2.23. The van der Waals surface area contributed by atoms with Crippen LogP contribution >= 0.6 is 0 Å². The minimum Gasteiger partial charge on any atom is -0.504 e. The number of methoxy groups -OCH3 is 1. The van der Waals surface area contributed by atoms with Crippen molar-refractivity contribution in [2.45, 2.75) is 25.0 Å². The van der Waals surface area contributed by atoms with E-state index in [1.54, 1.807) is 18.2 Å². The molecule has 0 aliphatic carbocycles. The summed E-state index contributed by atoms with van der Waals surface area (Å²) in [5.74, 6) is 0.733. The minimum atomic E-state index is -1.09. The van der Waals surface area contributed by atoms with Gasteiger partial charge in [-0.15, -0.1) is 0 Å². The summed E-state index contributed by atoms with van der Waals surface area (Å²) in [7, 11) is 1.42. The Kier molecular flexibility index (Phi) is 7.06. The predicted molar refractivity (Wildman–Crippen MR) is 93.0 cm³/mol. The Morgan fingerprint density at radius 2 is 1.76 bits per heavy atom. The quantitative estimate of drug-likeness (QED) is 0.551. The van der Waals surface area contributed by atoms with Gasteiger partial charge in [0.1, 0.15) is 11.9 Å². The van der Waals surface area contributed by atoms with E-state index in [4.69, 9.17) is 14.6 Å². The number of ether oxygens (including phenoxy) is 2. The zero-order valence-corrected chi connectivity index (χ0v) is 14.1. The summed E-state index contributed by atoms with van der Waals surface area (Å²) in [5.41, 5.74) is 1.54. The molecule has 2 rings (SSSR count). The Balaban J connectivity index is 2.08. The van der Waals surface area contributed by atoms with Crippen LogP contribution in [-0.2, 0) is 6.42 Å². The second-order valence-corrected chi connectivity index (χ2v) is 5.69. The van der Waals surface area contributed by atoms with E-state index in [1.165, 1.54) is 19.2 Å². The van der Waals surface area contributed by atoms with Gasteiger partial charge in [-0.1, -0.05) is 18.2 Å². The van der Waals surface area contributed by atoms with Gasteiger partial charge in [-0.2, -0.15) is 0 Å². The van der Waals surface area contributed by atoms with Crippen LogP contribution in [0.2, 0.25) is 0 Å². The van der Waals surface area contributed by atoms with Crippen LogP contribution in [0.5, 0.6) is 17.2 Å². The van der Waals surface area contributed by atoms with Crippen molar-refractivity contribution < 1.29 is 29.9 Å². The molecule has 0 saturated heterocycles. The fourth-order valence-electron chi connectivity index (χ4n) is 2.49. The molecule has 0 fully saturated rings. The highest BCUT2D eigenvalue weighted by molar-refractivity contribution is 5.42. The molecule has 0 amide bonds. The average Bonchev–Trinajstić information content (AvgIpc) is 2.65. The van der Waals surface area contributed by atoms with E-state index < -0.39 is 12.2 Å². The minimum absolute atomic E-state index is 0.0293. The first-order valence-electron chi connectivity index (χ1n) is 8.11. The number of benzene rings is 2. The molecule has 0 aromatic heterocycles. The average molecular weight is 348 g/mol. The lowest BCUT2D eigenvalue weighted by Crippen LogP contribution is -2.29. The van der Waals surface area contributed by atoms with Crippen LogP contribution in [-0.4, -0.2) is 46.9 Å². The summed E-state index contributed by atoms with van der Waals surface area (Å²) in [4.78, 5) is 0. The molecule has 2 aromatic rings. The number of hydrogen-bond donors (Lipinski definition) is 4. The van der Waals surface area contributed by atoms with Crippen molar-refractivity contribution in [2.24, 2.45) is 0 Å². The van der Waals surface area contributed by atoms with Crippen LogP contribution in [0.3, 0.4) is 0 Å². The fraction of sp³-hybridized carbons (Fsp3) is 0.368. The number of hydrogen-bond acceptors (Lipinski definition) is 6. The van der Waals surface area contributed by atoms with Crippen molar-refractivity contribution >= 4 is 0 Å². The second-order valence-electron chi connectivity index (χ2n) is 5.69. The van der Waals surface area contributed by atoms with E-state index in [9.17, 15) is 15.3 Å². The Morgan fingerprint density at radius 1 is 1.04 bits per heavy atom. The maximum atomic E-state index is 10.5. The van der Waals surface area contributed by atoms with Crippen LogP contribution in [0, 0.1) is 0 Å². The molecular formula is C19H24O6. The first kappa shape index (κ1) is 19.1. The zero-order chi connectivity index (χ0) is 18.2. The van der Waals surface area contributed by atoms with Crippen molar-refractivity contribution in [3.63, 3.8) is 0 Å². The van der Waals surface area contributed by atoms with E-state index in [0.717, 1.165) is 12.0 Å². The predicted octanol–water partition coefficient (Wildman–Crippen LogP) is 1.80. The summed E-state index contributed by atoms with van der Waals surface area (Å²) in [5, 5.41) is 38.5. The highest BCUT2D eigenvalue weighted by atomic mass is 16.5. The zero-order valence-electron chi connectivity index (χ0n) is 14.1. The molecule has 25 heavy (non-hydrogen) atoms. The van der Waals surface area contributed by atoms with Gasteiger partial charge in [0, 0.05) is 6.61 Å². The maximum absolute atomic E-state index is 10.5. The molecule has 0 radical (unpaired) electrons. The van der Waals surface area contributed by atoms with Gasteiger partial charge in [-0.05, 0) is 48.2 Å². The highest BCUT2D eigenvalue weighted by Crippen LogP contribution is 2.31. The number of rotatable bonds is 9. The van der Waals surface area contributed by atoms with Gasteiger partial charge < -0.3 is 29.9 Å². The van der Waals surface area contributed by atoms with Crippen LogP contribution in [0.15, 0.2) is 42.5 Å². The van der Waals surface area contributed by atoms with Gasteiger partial charge in [-0.25, -0.2) is 0 Å². The maximum Gasteiger partial charge on any atom is 0.160 e. The Bertz CT molecular complexity index is 655. The van der Waals surface area contributed by atoms with E-state index in [-0.39, 0.29) is 24.7 Å². The third kappa shape index (κ3) is 5.09.